The van der Waals surface area contributed by atoms with Crippen molar-refractivity contribution < 1.29 is 9.53 Å². The summed E-state index contributed by atoms with van der Waals surface area (Å²) in [5, 5.41) is 3.30. The number of hydrogen-bond donors (Lipinski definition) is 1. The summed E-state index contributed by atoms with van der Waals surface area (Å²) in [6.07, 6.45) is -0.260. The fraction of sp³-hybridized carbons (Fsp3) is 0.917. The molecule has 1 unspecified atom stereocenters. The van der Waals surface area contributed by atoms with Crippen molar-refractivity contribution in [3.8, 4) is 0 Å². The number of amides is 1. The van der Waals surface area contributed by atoms with E-state index in [0.29, 0.717) is 6.61 Å². The summed E-state index contributed by atoms with van der Waals surface area (Å²) in [6.45, 7) is 10.1. The molecule has 5 nitrogen and oxygen atoms in total. The summed E-state index contributed by atoms with van der Waals surface area (Å²) in [5.41, 5.74) is 0. The van der Waals surface area contributed by atoms with Crippen LogP contribution in [-0.2, 0) is 9.53 Å². The first-order valence-corrected chi connectivity index (χ1v) is 6.57. The molecule has 2 atom stereocenters. The number of carbonyl (C=O) groups excluding carboxylic acids is 1. The maximum absolute atomic E-state index is 12.4. The SMILES string of the molecule is CCN1CCOC(C(=O)N2CCNC[C@@H]2C)C1.Cl.Cl. The Morgan fingerprint density at radius 3 is 2.74 bits per heavy atom. The molecule has 2 saturated heterocycles. The van der Waals surface area contributed by atoms with Crippen LogP contribution in [0.5, 0.6) is 0 Å². The van der Waals surface area contributed by atoms with Crippen molar-refractivity contribution in [1.82, 2.24) is 15.1 Å². The third-order valence-electron chi connectivity index (χ3n) is 3.66. The Morgan fingerprint density at radius 1 is 1.37 bits per heavy atom. The zero-order valence-electron chi connectivity index (χ0n) is 11.6. The second kappa shape index (κ2) is 8.97. The third kappa shape index (κ3) is 4.76. The van der Waals surface area contributed by atoms with E-state index in [9.17, 15) is 4.79 Å². The van der Waals surface area contributed by atoms with Crippen LogP contribution in [0.4, 0.5) is 0 Å². The Balaban J connectivity index is 0.00000162. The summed E-state index contributed by atoms with van der Waals surface area (Å²) >= 11 is 0. The number of piperazine rings is 1. The largest absolute Gasteiger partial charge is 0.366 e. The van der Waals surface area contributed by atoms with E-state index in [0.717, 1.165) is 39.3 Å². The predicted molar refractivity (Wildman–Crippen MR) is 80.4 cm³/mol. The van der Waals surface area contributed by atoms with Crippen molar-refractivity contribution in [3.05, 3.63) is 0 Å². The standard InChI is InChI=1S/C12H23N3O2.2ClH/c1-3-14-6-7-17-11(9-14)12(16)15-5-4-13-8-10(15)2;;/h10-11,13H,3-9H2,1-2H3;2*1H/t10-,11?;;/m0../s1. The molecule has 114 valence electrons. The number of carbonyl (C=O) groups is 1. The van der Waals surface area contributed by atoms with Crippen LogP contribution >= 0.6 is 24.8 Å². The van der Waals surface area contributed by atoms with Gasteiger partial charge in [0.1, 0.15) is 6.10 Å². The van der Waals surface area contributed by atoms with E-state index in [1.165, 1.54) is 0 Å². The number of likely N-dealkylation sites (N-methyl/N-ethyl adjacent to an activating group) is 1. The summed E-state index contributed by atoms with van der Waals surface area (Å²) in [4.78, 5) is 16.6. The summed E-state index contributed by atoms with van der Waals surface area (Å²) in [6, 6.07) is 0.275. The Morgan fingerprint density at radius 2 is 2.11 bits per heavy atom. The lowest BCUT2D eigenvalue weighted by Crippen LogP contribution is -2.58. The van der Waals surface area contributed by atoms with E-state index in [-0.39, 0.29) is 42.9 Å². The fourth-order valence-corrected chi connectivity index (χ4v) is 2.49. The molecule has 0 saturated carbocycles. The Kier molecular flexibility index (Phi) is 8.94. The Labute approximate surface area is 127 Å². The van der Waals surface area contributed by atoms with E-state index in [4.69, 9.17) is 4.74 Å². The zero-order chi connectivity index (χ0) is 12.3. The molecule has 0 aromatic rings. The van der Waals surface area contributed by atoms with E-state index in [1.807, 2.05) is 4.90 Å². The first-order valence-electron chi connectivity index (χ1n) is 6.57. The van der Waals surface area contributed by atoms with Gasteiger partial charge in [-0.25, -0.2) is 0 Å². The number of ether oxygens (including phenoxy) is 1. The smallest absolute Gasteiger partial charge is 0.253 e. The molecule has 0 aromatic heterocycles. The van der Waals surface area contributed by atoms with Crippen LogP contribution in [0.3, 0.4) is 0 Å². The van der Waals surface area contributed by atoms with Crippen molar-refractivity contribution in [3.63, 3.8) is 0 Å². The van der Waals surface area contributed by atoms with Gasteiger partial charge in [-0.1, -0.05) is 6.92 Å². The topological polar surface area (TPSA) is 44.8 Å². The van der Waals surface area contributed by atoms with Gasteiger partial charge < -0.3 is 15.0 Å². The van der Waals surface area contributed by atoms with Crippen LogP contribution in [0.1, 0.15) is 13.8 Å². The molecule has 2 aliphatic rings. The Hall–Kier alpha value is -0.0700. The van der Waals surface area contributed by atoms with Gasteiger partial charge >= 0.3 is 0 Å². The highest BCUT2D eigenvalue weighted by Crippen LogP contribution is 2.11. The van der Waals surface area contributed by atoms with E-state index >= 15 is 0 Å². The Bertz CT molecular complexity index is 282. The molecule has 7 heteroatoms. The third-order valence-corrected chi connectivity index (χ3v) is 3.66. The molecule has 2 aliphatic heterocycles. The first-order chi connectivity index (χ1) is 8.22. The van der Waals surface area contributed by atoms with Crippen LogP contribution in [0.2, 0.25) is 0 Å². The average Bonchev–Trinajstić information content (AvgIpc) is 2.38. The molecule has 1 N–H and O–H groups in total. The fourth-order valence-electron chi connectivity index (χ4n) is 2.49. The van der Waals surface area contributed by atoms with Crippen molar-refractivity contribution >= 4 is 30.7 Å². The minimum absolute atomic E-state index is 0. The lowest BCUT2D eigenvalue weighted by atomic mass is 10.1. The van der Waals surface area contributed by atoms with E-state index < -0.39 is 0 Å². The molecule has 2 rings (SSSR count). The van der Waals surface area contributed by atoms with Crippen LogP contribution in [0.15, 0.2) is 0 Å². The van der Waals surface area contributed by atoms with Gasteiger partial charge in [-0.3, -0.25) is 9.69 Å². The maximum Gasteiger partial charge on any atom is 0.253 e. The van der Waals surface area contributed by atoms with Gasteiger partial charge in [0.2, 0.25) is 0 Å². The van der Waals surface area contributed by atoms with Gasteiger partial charge in [0, 0.05) is 38.8 Å². The summed E-state index contributed by atoms with van der Waals surface area (Å²) in [5.74, 6) is 0.164. The number of halogens is 2. The number of hydrogen-bond acceptors (Lipinski definition) is 4. The second-order valence-corrected chi connectivity index (χ2v) is 4.84. The zero-order valence-corrected chi connectivity index (χ0v) is 13.3. The van der Waals surface area contributed by atoms with Crippen molar-refractivity contribution in [1.29, 1.82) is 0 Å². The molecule has 2 fully saturated rings. The van der Waals surface area contributed by atoms with E-state index in [2.05, 4.69) is 24.1 Å². The monoisotopic (exact) mass is 313 g/mol. The normalized spacial score (nSPS) is 28.2. The molecular formula is C12H25Cl2N3O2. The highest BCUT2D eigenvalue weighted by Gasteiger charge is 2.32. The molecule has 0 bridgehead atoms. The average molecular weight is 314 g/mol. The molecule has 0 spiro atoms. The number of nitrogens with zero attached hydrogens (tertiary/aromatic N) is 2. The van der Waals surface area contributed by atoms with Crippen LogP contribution in [-0.4, -0.2) is 73.7 Å². The molecular weight excluding hydrogens is 289 g/mol. The van der Waals surface area contributed by atoms with Gasteiger partial charge in [0.05, 0.1) is 6.61 Å². The minimum atomic E-state index is -0.260. The van der Waals surface area contributed by atoms with Gasteiger partial charge in [0.15, 0.2) is 0 Å². The molecule has 2 heterocycles. The quantitative estimate of drug-likeness (QED) is 0.800. The number of rotatable bonds is 2. The van der Waals surface area contributed by atoms with Gasteiger partial charge in [0.25, 0.3) is 5.91 Å². The number of morpholine rings is 1. The summed E-state index contributed by atoms with van der Waals surface area (Å²) in [7, 11) is 0. The highest BCUT2D eigenvalue weighted by molar-refractivity contribution is 5.85. The van der Waals surface area contributed by atoms with Gasteiger partial charge in [-0.05, 0) is 13.5 Å². The van der Waals surface area contributed by atoms with Crippen molar-refractivity contribution in [2.24, 2.45) is 0 Å². The predicted octanol–water partition coefficient (Wildman–Crippen LogP) is 0.371. The minimum Gasteiger partial charge on any atom is -0.366 e. The number of nitrogens with one attached hydrogen (secondary N) is 1. The molecule has 19 heavy (non-hydrogen) atoms. The van der Waals surface area contributed by atoms with Gasteiger partial charge in [-0.2, -0.15) is 0 Å². The molecule has 1 amide bonds. The van der Waals surface area contributed by atoms with E-state index in [1.54, 1.807) is 0 Å². The van der Waals surface area contributed by atoms with Crippen molar-refractivity contribution in [2.75, 3.05) is 45.9 Å². The van der Waals surface area contributed by atoms with Crippen LogP contribution < -0.4 is 5.32 Å². The highest BCUT2D eigenvalue weighted by atomic mass is 35.5. The molecule has 0 aromatic carbocycles. The first kappa shape index (κ1) is 18.9. The maximum atomic E-state index is 12.4. The lowest BCUT2D eigenvalue weighted by molar-refractivity contribution is -0.152. The van der Waals surface area contributed by atoms with Gasteiger partial charge in [-0.15, -0.1) is 24.8 Å². The lowest BCUT2D eigenvalue weighted by Gasteiger charge is -2.39. The second-order valence-electron chi connectivity index (χ2n) is 4.84. The van der Waals surface area contributed by atoms with Crippen LogP contribution in [0.25, 0.3) is 0 Å². The van der Waals surface area contributed by atoms with Crippen molar-refractivity contribution in [2.45, 2.75) is 26.0 Å². The molecule has 0 radical (unpaired) electrons. The summed E-state index contributed by atoms with van der Waals surface area (Å²) < 4.78 is 5.62. The van der Waals surface area contributed by atoms with Crippen LogP contribution in [0, 0.1) is 0 Å². The molecule has 0 aliphatic carbocycles.